The van der Waals surface area contributed by atoms with Gasteiger partial charge < -0.3 is 10.2 Å². The number of likely N-dealkylation sites (tertiary alicyclic amines) is 1. The van der Waals surface area contributed by atoms with Crippen molar-refractivity contribution in [2.75, 3.05) is 13.1 Å². The zero-order valence-corrected chi connectivity index (χ0v) is 12.8. The Morgan fingerprint density at radius 2 is 1.95 bits per heavy atom. The number of hydrogen-bond acceptors (Lipinski definition) is 2. The minimum absolute atomic E-state index is 0. The monoisotopic (exact) mass is 286 g/mol. The number of nitrogens with one attached hydrogen (secondary N) is 1. The van der Waals surface area contributed by atoms with Crippen molar-refractivity contribution in [2.45, 2.75) is 64.0 Å². The van der Waals surface area contributed by atoms with Crippen LogP contribution < -0.4 is 5.32 Å². The van der Waals surface area contributed by atoms with Crippen molar-refractivity contribution in [2.24, 2.45) is 11.8 Å². The molecule has 4 heteroatoms. The molecule has 4 atom stereocenters. The topological polar surface area (TPSA) is 32.3 Å². The highest BCUT2D eigenvalue weighted by Gasteiger charge is 2.32. The fourth-order valence-electron chi connectivity index (χ4n) is 4.06. The van der Waals surface area contributed by atoms with Gasteiger partial charge in [0, 0.05) is 31.6 Å². The van der Waals surface area contributed by atoms with Gasteiger partial charge >= 0.3 is 0 Å². The number of fused-ring (bicyclic) bond motifs is 2. The largest absolute Gasteiger partial charge is 0.341 e. The summed E-state index contributed by atoms with van der Waals surface area (Å²) in [6, 6.07) is 1.25. The van der Waals surface area contributed by atoms with E-state index in [2.05, 4.69) is 17.1 Å². The number of nitrogens with zero attached hydrogens (tertiary/aromatic N) is 1. The molecule has 0 radical (unpaired) electrons. The van der Waals surface area contributed by atoms with Gasteiger partial charge in [-0.1, -0.05) is 13.3 Å². The first-order valence-corrected chi connectivity index (χ1v) is 7.74. The Morgan fingerprint density at radius 3 is 2.68 bits per heavy atom. The molecule has 2 saturated heterocycles. The molecule has 3 nitrogen and oxygen atoms in total. The van der Waals surface area contributed by atoms with Crippen LogP contribution in [0.2, 0.25) is 0 Å². The van der Waals surface area contributed by atoms with Crippen molar-refractivity contribution in [3.63, 3.8) is 0 Å². The number of amides is 1. The summed E-state index contributed by atoms with van der Waals surface area (Å²) in [6.45, 7) is 4.26. The quantitative estimate of drug-likeness (QED) is 0.846. The van der Waals surface area contributed by atoms with E-state index in [4.69, 9.17) is 0 Å². The summed E-state index contributed by atoms with van der Waals surface area (Å²) in [4.78, 5) is 14.5. The Balaban J connectivity index is 0.00000133. The third-order valence-electron chi connectivity index (χ3n) is 5.14. The van der Waals surface area contributed by atoms with E-state index in [0.717, 1.165) is 31.8 Å². The standard InChI is InChI=1S/C15H26N2O.ClH/c1-11-2-3-12(8-11)9-15(18)17-7-6-13-4-5-14(10-17)16-13;/h11-14,16H,2-10H2,1H3;1H. The van der Waals surface area contributed by atoms with Gasteiger partial charge in [0.1, 0.15) is 0 Å². The highest BCUT2D eigenvalue weighted by Crippen LogP contribution is 2.33. The molecule has 1 aliphatic carbocycles. The summed E-state index contributed by atoms with van der Waals surface area (Å²) in [5.74, 6) is 1.92. The molecule has 1 amide bonds. The van der Waals surface area contributed by atoms with E-state index in [1.54, 1.807) is 0 Å². The van der Waals surface area contributed by atoms with Crippen LogP contribution in [0.15, 0.2) is 0 Å². The fourth-order valence-corrected chi connectivity index (χ4v) is 4.06. The number of carbonyl (C=O) groups is 1. The molecule has 1 N–H and O–H groups in total. The Morgan fingerprint density at radius 1 is 1.16 bits per heavy atom. The number of rotatable bonds is 2. The van der Waals surface area contributed by atoms with Crippen LogP contribution in [0.5, 0.6) is 0 Å². The van der Waals surface area contributed by atoms with Crippen molar-refractivity contribution in [1.29, 1.82) is 0 Å². The summed E-state index contributed by atoms with van der Waals surface area (Å²) >= 11 is 0. The van der Waals surface area contributed by atoms with Gasteiger partial charge in [0.05, 0.1) is 0 Å². The van der Waals surface area contributed by atoms with E-state index < -0.39 is 0 Å². The van der Waals surface area contributed by atoms with Gasteiger partial charge in [0.15, 0.2) is 0 Å². The molecular weight excluding hydrogens is 260 g/mol. The number of carbonyl (C=O) groups excluding carboxylic acids is 1. The lowest BCUT2D eigenvalue weighted by Crippen LogP contribution is -2.39. The molecule has 1 saturated carbocycles. The van der Waals surface area contributed by atoms with E-state index >= 15 is 0 Å². The van der Waals surface area contributed by atoms with Crippen LogP contribution >= 0.6 is 12.4 Å². The van der Waals surface area contributed by atoms with E-state index in [-0.39, 0.29) is 12.4 Å². The molecule has 0 aromatic heterocycles. The lowest BCUT2D eigenvalue weighted by Gasteiger charge is -2.25. The van der Waals surface area contributed by atoms with E-state index in [1.807, 2.05) is 0 Å². The van der Waals surface area contributed by atoms with Gasteiger partial charge in [-0.2, -0.15) is 0 Å². The zero-order valence-electron chi connectivity index (χ0n) is 11.9. The highest BCUT2D eigenvalue weighted by atomic mass is 35.5. The van der Waals surface area contributed by atoms with Crippen LogP contribution in [-0.2, 0) is 4.79 Å². The van der Waals surface area contributed by atoms with Gasteiger partial charge in [-0.15, -0.1) is 12.4 Å². The molecule has 3 fully saturated rings. The molecule has 2 aliphatic heterocycles. The number of halogens is 1. The first-order chi connectivity index (χ1) is 8.70. The summed E-state index contributed by atoms with van der Waals surface area (Å²) in [5.41, 5.74) is 0. The van der Waals surface area contributed by atoms with Crippen LogP contribution in [0, 0.1) is 11.8 Å². The average molecular weight is 287 g/mol. The summed E-state index contributed by atoms with van der Waals surface area (Å²) in [6.07, 6.45) is 8.39. The molecule has 3 rings (SSSR count). The third kappa shape index (κ3) is 3.63. The minimum Gasteiger partial charge on any atom is -0.341 e. The van der Waals surface area contributed by atoms with Gasteiger partial charge in [-0.05, 0) is 43.9 Å². The van der Waals surface area contributed by atoms with E-state index in [0.29, 0.717) is 23.9 Å². The van der Waals surface area contributed by atoms with Crippen LogP contribution in [0.4, 0.5) is 0 Å². The van der Waals surface area contributed by atoms with Gasteiger partial charge in [-0.25, -0.2) is 0 Å². The summed E-state index contributed by atoms with van der Waals surface area (Å²) in [5, 5.41) is 3.64. The lowest BCUT2D eigenvalue weighted by molar-refractivity contribution is -0.132. The molecular formula is C15H27ClN2O. The molecule has 0 aromatic rings. The van der Waals surface area contributed by atoms with Crippen LogP contribution in [-0.4, -0.2) is 36.0 Å². The Hall–Kier alpha value is -0.280. The normalized spacial score (nSPS) is 37.8. The molecule has 0 spiro atoms. The van der Waals surface area contributed by atoms with Crippen molar-refractivity contribution in [1.82, 2.24) is 10.2 Å². The third-order valence-corrected chi connectivity index (χ3v) is 5.14. The van der Waals surface area contributed by atoms with Crippen molar-refractivity contribution in [3.8, 4) is 0 Å². The second-order valence-electron chi connectivity index (χ2n) is 6.75. The van der Waals surface area contributed by atoms with Crippen molar-refractivity contribution in [3.05, 3.63) is 0 Å². The second kappa shape index (κ2) is 6.45. The Labute approximate surface area is 122 Å². The van der Waals surface area contributed by atoms with E-state index in [9.17, 15) is 4.79 Å². The Kier molecular flexibility index (Phi) is 5.13. The molecule has 2 bridgehead atoms. The molecule has 110 valence electrons. The molecule has 19 heavy (non-hydrogen) atoms. The lowest BCUT2D eigenvalue weighted by atomic mass is 10.0. The average Bonchev–Trinajstić information content (AvgIpc) is 2.85. The maximum absolute atomic E-state index is 12.4. The zero-order chi connectivity index (χ0) is 12.5. The molecule has 4 unspecified atom stereocenters. The smallest absolute Gasteiger partial charge is 0.222 e. The summed E-state index contributed by atoms with van der Waals surface area (Å²) in [7, 11) is 0. The molecule has 0 aromatic carbocycles. The first-order valence-electron chi connectivity index (χ1n) is 7.74. The highest BCUT2D eigenvalue weighted by molar-refractivity contribution is 5.85. The maximum atomic E-state index is 12.4. The van der Waals surface area contributed by atoms with Crippen LogP contribution in [0.25, 0.3) is 0 Å². The van der Waals surface area contributed by atoms with Crippen molar-refractivity contribution >= 4 is 18.3 Å². The van der Waals surface area contributed by atoms with E-state index in [1.165, 1.54) is 32.1 Å². The van der Waals surface area contributed by atoms with Gasteiger partial charge in [0.25, 0.3) is 0 Å². The van der Waals surface area contributed by atoms with Gasteiger partial charge in [0.2, 0.25) is 5.91 Å². The molecule has 2 heterocycles. The van der Waals surface area contributed by atoms with Crippen LogP contribution in [0.1, 0.15) is 51.9 Å². The second-order valence-corrected chi connectivity index (χ2v) is 6.75. The predicted octanol–water partition coefficient (Wildman–Crippen LogP) is 2.59. The van der Waals surface area contributed by atoms with Crippen LogP contribution in [0.3, 0.4) is 0 Å². The van der Waals surface area contributed by atoms with Gasteiger partial charge in [-0.3, -0.25) is 4.79 Å². The SMILES string of the molecule is CC1CCC(CC(=O)N2CCC3CCC(C2)N3)C1.Cl. The maximum Gasteiger partial charge on any atom is 0.222 e. The minimum atomic E-state index is 0. The fraction of sp³-hybridized carbons (Fsp3) is 0.933. The number of hydrogen-bond donors (Lipinski definition) is 1. The Bertz CT molecular complexity index is 323. The van der Waals surface area contributed by atoms with Crippen molar-refractivity contribution < 1.29 is 4.79 Å². The summed E-state index contributed by atoms with van der Waals surface area (Å²) < 4.78 is 0. The molecule has 3 aliphatic rings. The predicted molar refractivity (Wildman–Crippen MR) is 79.5 cm³/mol. The first kappa shape index (κ1) is 15.1.